The molecule has 1 unspecified atom stereocenters. The van der Waals surface area contributed by atoms with Gasteiger partial charge in [0.1, 0.15) is 5.52 Å². The molecule has 30 heavy (non-hydrogen) atoms. The van der Waals surface area contributed by atoms with Gasteiger partial charge in [0, 0.05) is 12.7 Å². The van der Waals surface area contributed by atoms with Crippen LogP contribution in [0.25, 0.3) is 11.2 Å². The Labute approximate surface area is 175 Å². The molecule has 10 nitrogen and oxygen atoms in total. The van der Waals surface area contributed by atoms with Crippen molar-refractivity contribution in [3.63, 3.8) is 0 Å². The molecule has 0 aliphatic carbocycles. The van der Waals surface area contributed by atoms with Crippen LogP contribution in [0.5, 0.6) is 0 Å². The van der Waals surface area contributed by atoms with Crippen molar-refractivity contribution in [2.45, 2.75) is 18.9 Å². The lowest BCUT2D eigenvalue weighted by atomic mass is 10.2. The maximum absolute atomic E-state index is 13.5. The summed E-state index contributed by atoms with van der Waals surface area (Å²) in [7, 11) is 0. The van der Waals surface area contributed by atoms with E-state index in [-0.39, 0.29) is 23.5 Å². The molecule has 0 bridgehead atoms. The van der Waals surface area contributed by atoms with Crippen LogP contribution in [0.3, 0.4) is 0 Å². The zero-order valence-corrected chi connectivity index (χ0v) is 16.6. The van der Waals surface area contributed by atoms with Crippen molar-refractivity contribution in [1.82, 2.24) is 29.1 Å². The second-order valence-electron chi connectivity index (χ2n) is 6.99. The number of rotatable bonds is 3. The second-order valence-corrected chi connectivity index (χ2v) is 7.40. The van der Waals surface area contributed by atoms with E-state index in [9.17, 15) is 4.79 Å². The number of benzene rings is 1. The van der Waals surface area contributed by atoms with Crippen molar-refractivity contribution in [3.8, 4) is 5.69 Å². The highest BCUT2D eigenvalue weighted by atomic mass is 35.5. The molecule has 11 heteroatoms. The monoisotopic (exact) mass is 423 g/mol. The fraction of sp³-hybridized carbons (Fsp3) is 0.211. The molecule has 1 atom stereocenters. The number of nitrogen functional groups attached to an aromatic ring is 2. The molecule has 3 aromatic heterocycles. The Balaban J connectivity index is 1.74. The Bertz CT molecular complexity index is 1280. The van der Waals surface area contributed by atoms with E-state index in [1.54, 1.807) is 16.8 Å². The minimum Gasteiger partial charge on any atom is -0.368 e. The first kappa shape index (κ1) is 18.4. The number of para-hydroxylation sites is 1. The fourth-order valence-electron chi connectivity index (χ4n) is 3.89. The molecule has 0 radical (unpaired) electrons. The van der Waals surface area contributed by atoms with Crippen molar-refractivity contribution in [2.24, 2.45) is 0 Å². The Morgan fingerprint density at radius 2 is 1.77 bits per heavy atom. The molecule has 152 valence electrons. The van der Waals surface area contributed by atoms with Gasteiger partial charge in [-0.3, -0.25) is 9.36 Å². The second kappa shape index (κ2) is 6.99. The van der Waals surface area contributed by atoms with Gasteiger partial charge in [-0.25, -0.2) is 4.52 Å². The highest BCUT2D eigenvalue weighted by Crippen LogP contribution is 2.34. The standard InChI is InChI=1S/C19H18ClN9O/c20-12-8-10-28-14(12)16(30)29(11-5-2-1-3-6-11)15(26-28)13-7-4-9-27(13)19-24-17(21)23-18(22)25-19/h1-3,5-6,8,10,13H,4,7,9H2,(H4,21,22,23,24,25). The van der Waals surface area contributed by atoms with E-state index >= 15 is 0 Å². The summed E-state index contributed by atoms with van der Waals surface area (Å²) in [6.45, 7) is 0.669. The zero-order valence-electron chi connectivity index (χ0n) is 15.8. The van der Waals surface area contributed by atoms with Gasteiger partial charge < -0.3 is 16.4 Å². The van der Waals surface area contributed by atoms with Crippen molar-refractivity contribution >= 4 is 35.0 Å². The average molecular weight is 424 g/mol. The Morgan fingerprint density at radius 1 is 1.03 bits per heavy atom. The number of hydrogen-bond acceptors (Lipinski definition) is 8. The van der Waals surface area contributed by atoms with Crippen LogP contribution in [0.15, 0.2) is 47.4 Å². The number of anilines is 3. The summed E-state index contributed by atoms with van der Waals surface area (Å²) in [4.78, 5) is 27.7. The molecule has 1 aliphatic rings. The molecule has 5 rings (SSSR count). The third-order valence-electron chi connectivity index (χ3n) is 5.14. The SMILES string of the molecule is Nc1nc(N)nc(N2CCCC2c2nn3ccc(Cl)c3c(=O)n2-c2ccccc2)n1. The number of aromatic nitrogens is 6. The molecule has 0 amide bonds. The third-order valence-corrected chi connectivity index (χ3v) is 5.45. The van der Waals surface area contributed by atoms with Crippen LogP contribution >= 0.6 is 11.6 Å². The first-order chi connectivity index (χ1) is 14.5. The number of fused-ring (bicyclic) bond motifs is 1. The summed E-state index contributed by atoms with van der Waals surface area (Å²) in [6.07, 6.45) is 3.30. The summed E-state index contributed by atoms with van der Waals surface area (Å²) >= 11 is 6.27. The predicted octanol–water partition coefficient (Wildman–Crippen LogP) is 1.83. The van der Waals surface area contributed by atoms with Crippen molar-refractivity contribution < 1.29 is 0 Å². The van der Waals surface area contributed by atoms with E-state index in [0.29, 0.717) is 34.5 Å². The molecule has 1 fully saturated rings. The Kier molecular flexibility index (Phi) is 4.28. The average Bonchev–Trinajstić information content (AvgIpc) is 3.35. The molecule has 0 saturated carbocycles. The van der Waals surface area contributed by atoms with Crippen LogP contribution in [0.1, 0.15) is 24.7 Å². The minimum atomic E-state index is -0.260. The first-order valence-electron chi connectivity index (χ1n) is 9.42. The van der Waals surface area contributed by atoms with E-state index in [4.69, 9.17) is 28.2 Å². The van der Waals surface area contributed by atoms with Gasteiger partial charge in [0.15, 0.2) is 5.82 Å². The molecular weight excluding hydrogens is 406 g/mol. The van der Waals surface area contributed by atoms with Gasteiger partial charge in [0.2, 0.25) is 17.8 Å². The van der Waals surface area contributed by atoms with Crippen LogP contribution in [0.2, 0.25) is 5.02 Å². The van der Waals surface area contributed by atoms with E-state index in [1.165, 1.54) is 4.52 Å². The summed E-state index contributed by atoms with van der Waals surface area (Å²) in [5, 5.41) is 5.11. The van der Waals surface area contributed by atoms with Gasteiger partial charge in [-0.05, 0) is 31.0 Å². The van der Waals surface area contributed by atoms with Crippen LogP contribution in [0, 0.1) is 0 Å². The maximum atomic E-state index is 13.5. The van der Waals surface area contributed by atoms with Crippen molar-refractivity contribution in [1.29, 1.82) is 0 Å². The predicted molar refractivity (Wildman–Crippen MR) is 114 cm³/mol. The zero-order chi connectivity index (χ0) is 20.8. The molecule has 4 N–H and O–H groups in total. The van der Waals surface area contributed by atoms with Crippen LogP contribution in [-0.4, -0.2) is 35.7 Å². The lowest BCUT2D eigenvalue weighted by Crippen LogP contribution is -2.33. The normalized spacial score (nSPS) is 16.4. The molecular formula is C19H18ClN9O. The van der Waals surface area contributed by atoms with Gasteiger partial charge in [-0.15, -0.1) is 0 Å². The van der Waals surface area contributed by atoms with Gasteiger partial charge >= 0.3 is 0 Å². The van der Waals surface area contributed by atoms with Crippen molar-refractivity contribution in [2.75, 3.05) is 22.9 Å². The van der Waals surface area contributed by atoms with Gasteiger partial charge in [0.25, 0.3) is 5.56 Å². The fourth-order valence-corrected chi connectivity index (χ4v) is 4.11. The number of nitrogens with zero attached hydrogens (tertiary/aromatic N) is 7. The van der Waals surface area contributed by atoms with Crippen LogP contribution in [-0.2, 0) is 0 Å². The van der Waals surface area contributed by atoms with Crippen molar-refractivity contribution in [3.05, 3.63) is 63.8 Å². The topological polar surface area (TPSA) is 133 Å². The lowest BCUT2D eigenvalue weighted by molar-refractivity contribution is 0.597. The molecule has 4 heterocycles. The number of hydrogen-bond donors (Lipinski definition) is 2. The summed E-state index contributed by atoms with van der Waals surface area (Å²) in [5.41, 5.74) is 12.3. The van der Waals surface area contributed by atoms with Gasteiger partial charge in [-0.2, -0.15) is 20.1 Å². The largest absolute Gasteiger partial charge is 0.368 e. The lowest BCUT2D eigenvalue weighted by Gasteiger charge is -2.26. The molecule has 0 spiro atoms. The minimum absolute atomic E-state index is 0.0456. The highest BCUT2D eigenvalue weighted by Gasteiger charge is 2.33. The van der Waals surface area contributed by atoms with Crippen LogP contribution in [0.4, 0.5) is 17.8 Å². The summed E-state index contributed by atoms with van der Waals surface area (Å²) in [6, 6.07) is 10.7. The highest BCUT2D eigenvalue weighted by molar-refractivity contribution is 6.33. The van der Waals surface area contributed by atoms with E-state index in [1.807, 2.05) is 35.2 Å². The van der Waals surface area contributed by atoms with E-state index < -0.39 is 0 Å². The third kappa shape index (κ3) is 2.92. The Morgan fingerprint density at radius 3 is 2.50 bits per heavy atom. The van der Waals surface area contributed by atoms with Crippen LogP contribution < -0.4 is 21.9 Å². The molecule has 4 aromatic rings. The molecule has 1 saturated heterocycles. The number of halogens is 1. The quantitative estimate of drug-likeness (QED) is 0.509. The molecule has 1 aromatic carbocycles. The first-order valence-corrected chi connectivity index (χ1v) is 9.79. The smallest absolute Gasteiger partial charge is 0.284 e. The van der Waals surface area contributed by atoms with E-state index in [2.05, 4.69) is 15.0 Å². The molecule has 1 aliphatic heterocycles. The van der Waals surface area contributed by atoms with E-state index in [0.717, 1.165) is 12.8 Å². The van der Waals surface area contributed by atoms with Gasteiger partial charge in [0.05, 0.1) is 16.8 Å². The summed E-state index contributed by atoms with van der Waals surface area (Å²) in [5.74, 6) is 1.01. The number of nitrogens with two attached hydrogens (primary N) is 2. The van der Waals surface area contributed by atoms with Gasteiger partial charge in [-0.1, -0.05) is 29.8 Å². The Hall–Kier alpha value is -3.66. The maximum Gasteiger partial charge on any atom is 0.284 e. The summed E-state index contributed by atoms with van der Waals surface area (Å²) < 4.78 is 3.12.